The van der Waals surface area contributed by atoms with E-state index in [1.165, 1.54) is 25.7 Å². The number of Topliss-reactive ketones (excluding diaryl/α,β-unsaturated/α-hetero) is 1. The zero-order valence-corrected chi connectivity index (χ0v) is 20.7. The number of nitrogens with zero attached hydrogens (tertiary/aromatic N) is 1. The van der Waals surface area contributed by atoms with E-state index in [-0.39, 0.29) is 17.6 Å². The van der Waals surface area contributed by atoms with Crippen molar-refractivity contribution >= 4 is 20.7 Å². The highest BCUT2D eigenvalue weighted by Crippen LogP contribution is 2.39. The lowest BCUT2D eigenvalue weighted by atomic mass is 9.72. The molecule has 4 unspecified atom stereocenters. The number of nitrogens with two attached hydrogens (primary N) is 1. The van der Waals surface area contributed by atoms with Gasteiger partial charge in [-0.1, -0.05) is 31.9 Å². The van der Waals surface area contributed by atoms with Crippen LogP contribution >= 0.6 is 0 Å². The van der Waals surface area contributed by atoms with Crippen molar-refractivity contribution in [2.24, 2.45) is 29.4 Å². The second kappa shape index (κ2) is 11.6. The molecule has 1 aliphatic heterocycles. The first-order chi connectivity index (χ1) is 14.9. The summed E-state index contributed by atoms with van der Waals surface area (Å²) in [5.41, 5.74) is 6.65. The molecule has 31 heavy (non-hydrogen) atoms. The average Bonchev–Trinajstić information content (AvgIpc) is 2.80. The van der Waals surface area contributed by atoms with Crippen molar-refractivity contribution in [3.63, 3.8) is 0 Å². The molecule has 1 amide bonds. The fraction of sp³-hybridized carbons (Fsp3) is 0.760. The van der Waals surface area contributed by atoms with Gasteiger partial charge < -0.3 is 15.4 Å². The average molecular weight is 447 g/mol. The second-order valence-corrected chi connectivity index (χ2v) is 11.9. The van der Waals surface area contributed by atoms with E-state index in [2.05, 4.69) is 4.90 Å². The van der Waals surface area contributed by atoms with Gasteiger partial charge in [-0.15, -0.1) is 0 Å². The minimum atomic E-state index is -2.12. The van der Waals surface area contributed by atoms with Crippen molar-refractivity contribution in [3.8, 4) is 0 Å². The smallest absolute Gasteiger partial charge is 0.226 e. The van der Waals surface area contributed by atoms with Crippen molar-refractivity contribution < 1.29 is 14.4 Å². The van der Waals surface area contributed by atoms with Crippen LogP contribution in [0.1, 0.15) is 71.1 Å². The molecule has 0 aromatic carbocycles. The van der Waals surface area contributed by atoms with Crippen LogP contribution in [0.5, 0.6) is 0 Å². The predicted molar refractivity (Wildman–Crippen MR) is 128 cm³/mol. The van der Waals surface area contributed by atoms with E-state index in [1.54, 1.807) is 0 Å². The minimum Gasteiger partial charge on any atom is -0.431 e. The topological polar surface area (TPSA) is 83.6 Å². The number of hydrogen-bond acceptors (Lipinski definition) is 4. The number of carbonyl (C=O) groups excluding carboxylic acids is 2. The zero-order valence-electron chi connectivity index (χ0n) is 19.5. The van der Waals surface area contributed by atoms with Crippen molar-refractivity contribution in [1.82, 2.24) is 4.90 Å². The van der Waals surface area contributed by atoms with Crippen LogP contribution in [0, 0.1) is 23.7 Å². The van der Waals surface area contributed by atoms with Crippen molar-refractivity contribution in [2.45, 2.75) is 77.7 Å². The van der Waals surface area contributed by atoms with Gasteiger partial charge in [-0.05, 0) is 86.6 Å². The largest absolute Gasteiger partial charge is 0.431 e. The Labute approximate surface area is 189 Å². The number of amides is 1. The van der Waals surface area contributed by atoms with Gasteiger partial charge in [0, 0.05) is 25.4 Å². The van der Waals surface area contributed by atoms with Crippen LogP contribution in [0.25, 0.3) is 0 Å². The molecule has 0 aromatic rings. The number of likely N-dealkylation sites (tertiary alicyclic amines) is 1. The van der Waals surface area contributed by atoms with Crippen LogP contribution in [0.3, 0.4) is 0 Å². The van der Waals surface area contributed by atoms with E-state index in [9.17, 15) is 14.4 Å². The quantitative estimate of drug-likeness (QED) is 0.483. The van der Waals surface area contributed by atoms with Crippen molar-refractivity contribution in [3.05, 3.63) is 22.9 Å². The van der Waals surface area contributed by atoms with E-state index in [0.29, 0.717) is 25.2 Å². The molecule has 1 heterocycles. The van der Waals surface area contributed by atoms with Crippen molar-refractivity contribution in [1.29, 1.82) is 0 Å². The third-order valence-electron chi connectivity index (χ3n) is 7.86. The molecule has 1 saturated heterocycles. The van der Waals surface area contributed by atoms with Crippen LogP contribution in [-0.2, 0) is 9.59 Å². The number of hydrogen-bond donors (Lipinski definition) is 2. The Hall–Kier alpha value is -1.24. The highest BCUT2D eigenvalue weighted by molar-refractivity contribution is 6.59. The van der Waals surface area contributed by atoms with Gasteiger partial charge in [0.2, 0.25) is 14.9 Å². The number of allylic oxidation sites excluding steroid dienone is 4. The van der Waals surface area contributed by atoms with E-state index in [4.69, 9.17) is 5.73 Å². The number of rotatable bonds is 6. The Morgan fingerprint density at radius 3 is 2.58 bits per heavy atom. The molecule has 3 N–H and O–H groups in total. The molecule has 2 saturated carbocycles. The van der Waals surface area contributed by atoms with E-state index >= 15 is 0 Å². The summed E-state index contributed by atoms with van der Waals surface area (Å²) in [6.45, 7) is 6.40. The van der Waals surface area contributed by atoms with Gasteiger partial charge >= 0.3 is 0 Å². The molecule has 5 nitrogen and oxygen atoms in total. The maximum atomic E-state index is 13.3. The lowest BCUT2D eigenvalue weighted by Gasteiger charge is -2.40. The van der Waals surface area contributed by atoms with Gasteiger partial charge in [0.1, 0.15) is 0 Å². The highest BCUT2D eigenvalue weighted by Gasteiger charge is 2.36. The standard InChI is InChI=1S/C25H42N2O3Si/c1-3-4-8-24(31(2)30)22-16-21(9-10-23(22)28)25(29)27-13-11-19(12-14-27)20-7-5-6-18(15-20)17-26/h4,8,18-21,30-31H,3,5-7,9-17,26H2,1-2H3/b8-4-,24-22+. The van der Waals surface area contributed by atoms with Gasteiger partial charge in [0.15, 0.2) is 5.78 Å². The summed E-state index contributed by atoms with van der Waals surface area (Å²) < 4.78 is 0. The third kappa shape index (κ3) is 6.17. The monoisotopic (exact) mass is 446 g/mol. The third-order valence-corrected chi connectivity index (χ3v) is 9.30. The fourth-order valence-corrected chi connectivity index (χ4v) is 7.17. The normalized spacial score (nSPS) is 31.2. The maximum absolute atomic E-state index is 13.3. The van der Waals surface area contributed by atoms with Crippen LogP contribution in [0.4, 0.5) is 0 Å². The number of carbonyl (C=O) groups is 2. The predicted octanol–water partition coefficient (Wildman–Crippen LogP) is 3.51. The molecule has 0 radical (unpaired) electrons. The molecular formula is C25H42N2O3Si. The van der Waals surface area contributed by atoms with Gasteiger partial charge in [-0.2, -0.15) is 0 Å². The molecule has 3 aliphatic rings. The lowest BCUT2D eigenvalue weighted by Crippen LogP contribution is -2.44. The molecule has 0 bridgehead atoms. The molecule has 0 spiro atoms. The molecule has 3 fully saturated rings. The summed E-state index contributed by atoms with van der Waals surface area (Å²) in [6.07, 6.45) is 13.8. The number of ketones is 1. The van der Waals surface area contributed by atoms with Crippen LogP contribution in [-0.4, -0.2) is 50.1 Å². The van der Waals surface area contributed by atoms with Gasteiger partial charge in [-0.3, -0.25) is 9.59 Å². The molecule has 4 atom stereocenters. The molecule has 174 valence electrons. The van der Waals surface area contributed by atoms with Gasteiger partial charge in [0.05, 0.1) is 0 Å². The Morgan fingerprint density at radius 1 is 1.19 bits per heavy atom. The molecule has 6 heteroatoms. The van der Waals surface area contributed by atoms with Gasteiger partial charge in [0.25, 0.3) is 0 Å². The first-order valence-electron chi connectivity index (χ1n) is 12.5. The lowest BCUT2D eigenvalue weighted by molar-refractivity contribution is -0.138. The number of piperidine rings is 1. The first kappa shape index (κ1) is 24.4. The Kier molecular flexibility index (Phi) is 9.11. The molecule has 3 rings (SSSR count). The summed E-state index contributed by atoms with van der Waals surface area (Å²) in [7, 11) is -2.12. The second-order valence-electron chi connectivity index (χ2n) is 9.97. The first-order valence-corrected chi connectivity index (χ1v) is 14.8. The van der Waals surface area contributed by atoms with E-state index < -0.39 is 9.04 Å². The van der Waals surface area contributed by atoms with Crippen molar-refractivity contribution in [2.75, 3.05) is 19.6 Å². The van der Waals surface area contributed by atoms with Crippen LogP contribution in [0.15, 0.2) is 22.9 Å². The maximum Gasteiger partial charge on any atom is 0.226 e. The molecule has 2 aliphatic carbocycles. The summed E-state index contributed by atoms with van der Waals surface area (Å²) in [5.74, 6) is 2.44. The van der Waals surface area contributed by atoms with E-state index in [1.807, 2.05) is 25.6 Å². The Balaban J connectivity index is 1.60. The Morgan fingerprint density at radius 2 is 1.94 bits per heavy atom. The Bertz CT molecular complexity index is 695. The summed E-state index contributed by atoms with van der Waals surface area (Å²) in [5, 5.41) is 0.829. The summed E-state index contributed by atoms with van der Waals surface area (Å²) in [6, 6.07) is 0. The SMILES string of the molecule is CC/C=C\C(=C1\CC(C(=O)N2CCC(C3CCCC(CN)C3)CC2)CCC1=O)[SiH](C)O. The highest BCUT2D eigenvalue weighted by atomic mass is 28.3. The summed E-state index contributed by atoms with van der Waals surface area (Å²) >= 11 is 0. The molecule has 0 aromatic heterocycles. The minimum absolute atomic E-state index is 0.113. The van der Waals surface area contributed by atoms with Crippen LogP contribution < -0.4 is 5.73 Å². The fourth-order valence-electron chi connectivity index (χ4n) is 5.97. The van der Waals surface area contributed by atoms with E-state index in [0.717, 1.165) is 61.5 Å². The van der Waals surface area contributed by atoms with Crippen LogP contribution in [0.2, 0.25) is 6.55 Å². The summed E-state index contributed by atoms with van der Waals surface area (Å²) in [4.78, 5) is 38.3. The molecular weight excluding hydrogens is 404 g/mol. The van der Waals surface area contributed by atoms with Gasteiger partial charge in [-0.25, -0.2) is 0 Å². The zero-order chi connectivity index (χ0) is 22.4.